The fourth-order valence-electron chi connectivity index (χ4n) is 2.39. The highest BCUT2D eigenvalue weighted by molar-refractivity contribution is 6.31. The Labute approximate surface area is 156 Å². The summed E-state index contributed by atoms with van der Waals surface area (Å²) in [6.07, 6.45) is 0.960. The monoisotopic (exact) mass is 377 g/mol. The maximum absolute atomic E-state index is 12.3. The molecule has 0 aromatic heterocycles. The first-order valence-corrected chi connectivity index (χ1v) is 8.51. The van der Waals surface area contributed by atoms with Crippen molar-refractivity contribution in [3.8, 4) is 5.75 Å². The van der Waals surface area contributed by atoms with E-state index in [1.807, 2.05) is 12.2 Å². The van der Waals surface area contributed by atoms with Gasteiger partial charge in [0.15, 0.2) is 0 Å². The standard InChI is InChI=1S/C18H21ClN4O3/c1-3-8-21-14-6-5-12(10-13(14)17(20)24)22-18(25)23-15-9-11(19)4-7-16(15)26-2/h4-7,9-10,21H,3,8H2,1-2H3,(H2,20,24)(H2,22,23,25)/p+1. The lowest BCUT2D eigenvalue weighted by molar-refractivity contribution is -0.571. The minimum absolute atomic E-state index is 0.358. The van der Waals surface area contributed by atoms with Crippen LogP contribution in [0, 0.1) is 0 Å². The number of carbonyl (C=O) groups excluding carboxylic acids is 2. The molecule has 2 aromatic carbocycles. The van der Waals surface area contributed by atoms with Gasteiger partial charge in [0.1, 0.15) is 17.0 Å². The number of nitrogens with one attached hydrogen (secondary N) is 2. The molecule has 0 radical (unpaired) electrons. The summed E-state index contributed by atoms with van der Waals surface area (Å²) in [6.45, 7) is 2.88. The van der Waals surface area contributed by atoms with E-state index in [0.29, 0.717) is 27.7 Å². The lowest BCUT2D eigenvalue weighted by atomic mass is 10.1. The minimum Gasteiger partial charge on any atom is -0.495 e. The summed E-state index contributed by atoms with van der Waals surface area (Å²) in [5, 5.41) is 7.75. The molecule has 2 rings (SSSR count). The van der Waals surface area contributed by atoms with E-state index in [1.54, 1.807) is 36.4 Å². The fraction of sp³-hybridized carbons (Fsp3) is 0.222. The average Bonchev–Trinajstić information content (AvgIpc) is 2.60. The summed E-state index contributed by atoms with van der Waals surface area (Å²) >= 11 is 5.95. The number of rotatable bonds is 7. The van der Waals surface area contributed by atoms with Crippen molar-refractivity contribution in [2.24, 2.45) is 5.73 Å². The second-order valence-corrected chi connectivity index (χ2v) is 6.02. The molecule has 6 N–H and O–H groups in total. The Morgan fingerprint density at radius 2 is 1.96 bits per heavy atom. The largest absolute Gasteiger partial charge is 0.495 e. The van der Waals surface area contributed by atoms with Crippen LogP contribution in [0.25, 0.3) is 0 Å². The molecule has 0 aliphatic carbocycles. The zero-order chi connectivity index (χ0) is 19.1. The van der Waals surface area contributed by atoms with Gasteiger partial charge in [-0.05, 0) is 36.8 Å². The maximum atomic E-state index is 12.3. The molecule has 0 spiro atoms. The predicted octanol–water partition coefficient (Wildman–Crippen LogP) is 2.70. The minimum atomic E-state index is -0.548. The molecule has 7 nitrogen and oxygen atoms in total. The second-order valence-electron chi connectivity index (χ2n) is 5.58. The van der Waals surface area contributed by atoms with E-state index in [0.717, 1.165) is 18.7 Å². The first-order valence-electron chi connectivity index (χ1n) is 8.13. The van der Waals surface area contributed by atoms with E-state index in [2.05, 4.69) is 10.6 Å². The third-order valence-corrected chi connectivity index (χ3v) is 3.87. The van der Waals surface area contributed by atoms with Crippen molar-refractivity contribution in [3.63, 3.8) is 0 Å². The van der Waals surface area contributed by atoms with Crippen LogP contribution in [0.2, 0.25) is 5.02 Å². The summed E-state index contributed by atoms with van der Waals surface area (Å²) in [6, 6.07) is 9.42. The van der Waals surface area contributed by atoms with Gasteiger partial charge in [-0.1, -0.05) is 18.5 Å². The predicted molar refractivity (Wildman–Crippen MR) is 102 cm³/mol. The van der Waals surface area contributed by atoms with Crippen LogP contribution in [-0.4, -0.2) is 25.6 Å². The number of halogens is 1. The van der Waals surface area contributed by atoms with Gasteiger partial charge in [0, 0.05) is 16.8 Å². The quantitative estimate of drug-likeness (QED) is 0.557. The van der Waals surface area contributed by atoms with Gasteiger partial charge in [0.25, 0.3) is 5.91 Å². The highest BCUT2D eigenvalue weighted by atomic mass is 35.5. The number of urea groups is 1. The van der Waals surface area contributed by atoms with Crippen molar-refractivity contribution < 1.29 is 19.6 Å². The van der Waals surface area contributed by atoms with Gasteiger partial charge in [0.2, 0.25) is 0 Å². The van der Waals surface area contributed by atoms with E-state index >= 15 is 0 Å². The Morgan fingerprint density at radius 1 is 1.19 bits per heavy atom. The van der Waals surface area contributed by atoms with E-state index < -0.39 is 11.9 Å². The number of nitrogens with two attached hydrogens (primary N) is 2. The third kappa shape index (κ3) is 5.11. The number of primary amides is 1. The number of hydrogen-bond donors (Lipinski definition) is 4. The smallest absolute Gasteiger partial charge is 0.323 e. The van der Waals surface area contributed by atoms with Crippen LogP contribution in [0.3, 0.4) is 0 Å². The molecule has 0 aliphatic rings. The Kier molecular flexibility index (Phi) is 6.82. The number of hydrogen-bond acceptors (Lipinski definition) is 3. The Hall–Kier alpha value is -2.77. The van der Waals surface area contributed by atoms with Gasteiger partial charge in [0.05, 0.1) is 19.3 Å². The number of anilines is 2. The van der Waals surface area contributed by atoms with Crippen LogP contribution >= 0.6 is 11.6 Å². The van der Waals surface area contributed by atoms with Crippen LogP contribution < -0.4 is 26.4 Å². The Bertz CT molecular complexity index is 811. The molecule has 0 atom stereocenters. The van der Waals surface area contributed by atoms with E-state index in [4.69, 9.17) is 22.1 Å². The van der Waals surface area contributed by atoms with Gasteiger partial charge in [-0.25, -0.2) is 4.79 Å². The normalized spacial score (nSPS) is 10.3. The summed E-state index contributed by atoms with van der Waals surface area (Å²) in [5.41, 5.74) is 7.44. The SMILES string of the molecule is CCC[NH2+]c1ccc(NC(=O)Nc2cc(Cl)ccc2OC)cc1C(N)=O. The Morgan fingerprint density at radius 3 is 2.62 bits per heavy atom. The molecule has 0 saturated carbocycles. The number of quaternary nitrogens is 1. The highest BCUT2D eigenvalue weighted by Gasteiger charge is 2.14. The van der Waals surface area contributed by atoms with Crippen LogP contribution in [-0.2, 0) is 0 Å². The van der Waals surface area contributed by atoms with Crippen molar-refractivity contribution >= 4 is 40.6 Å². The van der Waals surface area contributed by atoms with Gasteiger partial charge < -0.3 is 26.4 Å². The first-order chi connectivity index (χ1) is 12.4. The van der Waals surface area contributed by atoms with Crippen molar-refractivity contribution in [2.45, 2.75) is 13.3 Å². The maximum Gasteiger partial charge on any atom is 0.323 e. The molecule has 0 fully saturated rings. The van der Waals surface area contributed by atoms with Crippen LogP contribution in [0.5, 0.6) is 5.75 Å². The van der Waals surface area contributed by atoms with Gasteiger partial charge in [-0.3, -0.25) is 4.79 Å². The summed E-state index contributed by atoms with van der Waals surface area (Å²) < 4.78 is 5.19. The van der Waals surface area contributed by atoms with Crippen molar-refractivity contribution in [2.75, 3.05) is 24.3 Å². The molecular formula is C18H22ClN4O3+. The summed E-state index contributed by atoms with van der Waals surface area (Å²) in [5.74, 6) is -0.0696. The van der Waals surface area contributed by atoms with E-state index in [9.17, 15) is 9.59 Å². The molecule has 0 saturated heterocycles. The highest BCUT2D eigenvalue weighted by Crippen LogP contribution is 2.28. The Balaban J connectivity index is 2.15. The molecule has 3 amide bonds. The van der Waals surface area contributed by atoms with Gasteiger partial charge in [-0.15, -0.1) is 0 Å². The van der Waals surface area contributed by atoms with E-state index in [1.165, 1.54) is 7.11 Å². The number of benzene rings is 2. The molecule has 138 valence electrons. The summed E-state index contributed by atoms with van der Waals surface area (Å²) in [4.78, 5) is 23.9. The fourth-order valence-corrected chi connectivity index (χ4v) is 2.56. The number of carbonyl (C=O) groups is 2. The van der Waals surface area contributed by atoms with Crippen LogP contribution in [0.15, 0.2) is 36.4 Å². The van der Waals surface area contributed by atoms with Crippen LogP contribution in [0.4, 0.5) is 21.9 Å². The topological polar surface area (TPSA) is 110 Å². The molecule has 0 unspecified atom stereocenters. The van der Waals surface area contributed by atoms with Crippen LogP contribution in [0.1, 0.15) is 23.7 Å². The van der Waals surface area contributed by atoms with E-state index in [-0.39, 0.29) is 0 Å². The molecule has 0 bridgehead atoms. The number of methoxy groups -OCH3 is 1. The molecule has 8 heteroatoms. The third-order valence-electron chi connectivity index (χ3n) is 3.64. The van der Waals surface area contributed by atoms with Gasteiger partial charge in [-0.2, -0.15) is 0 Å². The average molecular weight is 378 g/mol. The molecule has 2 aromatic rings. The summed E-state index contributed by atoms with van der Waals surface area (Å²) in [7, 11) is 1.50. The van der Waals surface area contributed by atoms with Crippen molar-refractivity contribution in [1.29, 1.82) is 0 Å². The molecule has 0 heterocycles. The number of ether oxygens (including phenoxy) is 1. The molecular weight excluding hydrogens is 356 g/mol. The number of amides is 3. The zero-order valence-corrected chi connectivity index (χ0v) is 15.4. The lowest BCUT2D eigenvalue weighted by Crippen LogP contribution is -2.78. The van der Waals surface area contributed by atoms with Crippen molar-refractivity contribution in [3.05, 3.63) is 47.0 Å². The first kappa shape index (κ1) is 19.6. The van der Waals surface area contributed by atoms with Gasteiger partial charge >= 0.3 is 6.03 Å². The zero-order valence-electron chi connectivity index (χ0n) is 14.6. The molecule has 26 heavy (non-hydrogen) atoms. The molecule has 0 aliphatic heterocycles. The second kappa shape index (κ2) is 9.07. The lowest BCUT2D eigenvalue weighted by Gasteiger charge is -2.12. The van der Waals surface area contributed by atoms with Crippen molar-refractivity contribution in [1.82, 2.24) is 0 Å².